The molecule has 3 nitrogen and oxygen atoms in total. The van der Waals surface area contributed by atoms with E-state index in [9.17, 15) is 18.3 Å². The van der Waals surface area contributed by atoms with Gasteiger partial charge in [0.15, 0.2) is 0 Å². The Kier molecular flexibility index (Phi) is 3.65. The molecular weight excluding hydrogens is 211 g/mol. The molecule has 1 aromatic rings. The van der Waals surface area contributed by atoms with Crippen LogP contribution in [-0.2, 0) is 10.9 Å². The van der Waals surface area contributed by atoms with Crippen molar-refractivity contribution in [3.05, 3.63) is 29.6 Å². The van der Waals surface area contributed by atoms with Crippen molar-refractivity contribution in [1.82, 2.24) is 4.98 Å². The van der Waals surface area contributed by atoms with Crippen LogP contribution in [0.1, 0.15) is 17.2 Å². The molecule has 0 aliphatic heterocycles. The van der Waals surface area contributed by atoms with Gasteiger partial charge in [0.25, 0.3) is 0 Å². The average molecular weight is 221 g/mol. The number of aliphatic hydroxyl groups is 1. The Hall–Kier alpha value is -1.14. The van der Waals surface area contributed by atoms with Gasteiger partial charge in [0.1, 0.15) is 6.10 Å². The summed E-state index contributed by atoms with van der Waals surface area (Å²) in [5.41, 5.74) is -1.16. The van der Waals surface area contributed by atoms with Gasteiger partial charge in [-0.25, -0.2) is 0 Å². The number of halogens is 3. The van der Waals surface area contributed by atoms with Crippen LogP contribution < -0.4 is 0 Å². The van der Waals surface area contributed by atoms with Crippen molar-refractivity contribution in [2.45, 2.75) is 12.3 Å². The van der Waals surface area contributed by atoms with Crippen molar-refractivity contribution < 1.29 is 23.0 Å². The largest absolute Gasteiger partial charge is 0.416 e. The fourth-order valence-electron chi connectivity index (χ4n) is 1.18. The third kappa shape index (κ3) is 2.90. The lowest BCUT2D eigenvalue weighted by molar-refractivity contribution is -0.139. The highest BCUT2D eigenvalue weighted by Crippen LogP contribution is 2.33. The molecule has 0 saturated carbocycles. The van der Waals surface area contributed by atoms with Gasteiger partial charge in [-0.2, -0.15) is 13.2 Å². The molecule has 84 valence electrons. The van der Waals surface area contributed by atoms with E-state index in [1.165, 1.54) is 7.11 Å². The summed E-state index contributed by atoms with van der Waals surface area (Å²) < 4.78 is 42.0. The summed E-state index contributed by atoms with van der Waals surface area (Å²) >= 11 is 0. The van der Waals surface area contributed by atoms with Crippen molar-refractivity contribution in [3.8, 4) is 0 Å². The fraction of sp³-hybridized carbons (Fsp3) is 0.444. The lowest BCUT2D eigenvalue weighted by Gasteiger charge is -2.15. The predicted octanol–water partition coefficient (Wildman–Crippen LogP) is 1.78. The van der Waals surface area contributed by atoms with Crippen LogP contribution >= 0.6 is 0 Å². The van der Waals surface area contributed by atoms with Crippen LogP contribution in [0, 0.1) is 0 Å². The molecule has 0 bridgehead atoms. The highest BCUT2D eigenvalue weighted by atomic mass is 19.4. The summed E-state index contributed by atoms with van der Waals surface area (Å²) in [6.45, 7) is -0.200. The molecule has 0 fully saturated rings. The van der Waals surface area contributed by atoms with Gasteiger partial charge in [0, 0.05) is 25.1 Å². The number of hydrogen-bond acceptors (Lipinski definition) is 3. The Morgan fingerprint density at radius 1 is 1.53 bits per heavy atom. The molecule has 1 rings (SSSR count). The number of rotatable bonds is 3. The van der Waals surface area contributed by atoms with Gasteiger partial charge in [-0.05, 0) is 6.07 Å². The van der Waals surface area contributed by atoms with Gasteiger partial charge in [0.05, 0.1) is 12.2 Å². The maximum Gasteiger partial charge on any atom is 0.416 e. The van der Waals surface area contributed by atoms with Crippen molar-refractivity contribution in [1.29, 1.82) is 0 Å². The number of aliphatic hydroxyl groups excluding tert-OH is 1. The van der Waals surface area contributed by atoms with Crippen LogP contribution in [0.2, 0.25) is 0 Å². The maximum absolute atomic E-state index is 12.5. The van der Waals surface area contributed by atoms with Crippen molar-refractivity contribution in [2.75, 3.05) is 13.7 Å². The van der Waals surface area contributed by atoms with Gasteiger partial charge in [0.2, 0.25) is 0 Å². The van der Waals surface area contributed by atoms with E-state index in [0.29, 0.717) is 0 Å². The Bertz CT molecular complexity index is 327. The van der Waals surface area contributed by atoms with E-state index in [-0.39, 0.29) is 12.2 Å². The molecule has 1 heterocycles. The van der Waals surface area contributed by atoms with Gasteiger partial charge >= 0.3 is 6.18 Å². The first kappa shape index (κ1) is 11.9. The van der Waals surface area contributed by atoms with Crippen LogP contribution in [0.3, 0.4) is 0 Å². The summed E-state index contributed by atoms with van der Waals surface area (Å²) in [6.07, 6.45) is -3.79. The van der Waals surface area contributed by atoms with Crippen LogP contribution in [0.5, 0.6) is 0 Å². The molecule has 0 radical (unpaired) electrons. The van der Waals surface area contributed by atoms with E-state index < -0.39 is 17.8 Å². The number of pyridine rings is 1. The van der Waals surface area contributed by atoms with Crippen molar-refractivity contribution in [3.63, 3.8) is 0 Å². The minimum absolute atomic E-state index is 0.200. The number of aromatic nitrogens is 1. The zero-order chi connectivity index (χ0) is 11.5. The minimum atomic E-state index is -4.49. The number of alkyl halides is 3. The molecule has 1 aromatic heterocycles. The fourth-order valence-corrected chi connectivity index (χ4v) is 1.18. The second kappa shape index (κ2) is 4.59. The third-order valence-electron chi connectivity index (χ3n) is 1.84. The predicted molar refractivity (Wildman–Crippen MR) is 46.1 cm³/mol. The number of methoxy groups -OCH3 is 1. The van der Waals surface area contributed by atoms with E-state index in [0.717, 1.165) is 18.5 Å². The zero-order valence-electron chi connectivity index (χ0n) is 7.95. The molecule has 0 aliphatic rings. The summed E-state index contributed by atoms with van der Waals surface area (Å²) in [4.78, 5) is 3.55. The first-order valence-corrected chi connectivity index (χ1v) is 4.15. The molecule has 1 unspecified atom stereocenters. The highest BCUT2D eigenvalue weighted by Gasteiger charge is 2.34. The average Bonchev–Trinajstić information content (AvgIpc) is 2.17. The second-order valence-corrected chi connectivity index (χ2v) is 2.93. The van der Waals surface area contributed by atoms with E-state index >= 15 is 0 Å². The zero-order valence-corrected chi connectivity index (χ0v) is 7.95. The summed E-state index contributed by atoms with van der Waals surface area (Å²) in [6, 6.07) is 0.828. The minimum Gasteiger partial charge on any atom is -0.386 e. The normalized spacial score (nSPS) is 13.9. The molecule has 0 aliphatic carbocycles. The Morgan fingerprint density at radius 2 is 2.20 bits per heavy atom. The lowest BCUT2D eigenvalue weighted by Crippen LogP contribution is -2.15. The van der Waals surface area contributed by atoms with E-state index in [2.05, 4.69) is 9.72 Å². The smallest absolute Gasteiger partial charge is 0.386 e. The maximum atomic E-state index is 12.5. The van der Waals surface area contributed by atoms with Crippen LogP contribution in [0.15, 0.2) is 18.5 Å². The molecular formula is C9H10F3NO2. The van der Waals surface area contributed by atoms with E-state index in [4.69, 9.17) is 0 Å². The summed E-state index contributed by atoms with van der Waals surface area (Å²) in [7, 11) is 1.30. The Morgan fingerprint density at radius 3 is 2.73 bits per heavy atom. The first-order valence-electron chi connectivity index (χ1n) is 4.15. The number of hydrogen-bond donors (Lipinski definition) is 1. The molecule has 0 amide bonds. The molecule has 1 atom stereocenters. The molecule has 6 heteroatoms. The Balaban J connectivity index is 3.06. The highest BCUT2D eigenvalue weighted by molar-refractivity contribution is 5.28. The number of ether oxygens (including phenoxy) is 1. The van der Waals surface area contributed by atoms with Gasteiger partial charge in [-0.15, -0.1) is 0 Å². The first-order chi connectivity index (χ1) is 6.96. The molecule has 15 heavy (non-hydrogen) atoms. The van der Waals surface area contributed by atoms with Crippen LogP contribution in [0.4, 0.5) is 13.2 Å². The SMILES string of the molecule is COCC(O)c1cnccc1C(F)(F)F. The van der Waals surface area contributed by atoms with Crippen LogP contribution in [0.25, 0.3) is 0 Å². The molecule has 0 aromatic carbocycles. The standard InChI is InChI=1S/C9H10F3NO2/c1-15-5-8(14)6-4-13-3-2-7(6)9(10,11)12/h2-4,8,14H,5H2,1H3. The quantitative estimate of drug-likeness (QED) is 0.845. The summed E-state index contributed by atoms with van der Waals surface area (Å²) in [5.74, 6) is 0. The third-order valence-corrected chi connectivity index (χ3v) is 1.84. The van der Waals surface area contributed by atoms with Gasteiger partial charge in [-0.1, -0.05) is 0 Å². The lowest BCUT2D eigenvalue weighted by atomic mass is 10.1. The Labute approximate surface area is 84.5 Å². The molecule has 1 N–H and O–H groups in total. The van der Waals surface area contributed by atoms with Crippen molar-refractivity contribution in [2.24, 2.45) is 0 Å². The van der Waals surface area contributed by atoms with Crippen molar-refractivity contribution >= 4 is 0 Å². The molecule has 0 spiro atoms. The molecule has 0 saturated heterocycles. The van der Waals surface area contributed by atoms with E-state index in [1.54, 1.807) is 0 Å². The van der Waals surface area contributed by atoms with E-state index in [1.807, 2.05) is 0 Å². The second-order valence-electron chi connectivity index (χ2n) is 2.93. The topological polar surface area (TPSA) is 42.4 Å². The summed E-state index contributed by atoms with van der Waals surface area (Å²) in [5, 5.41) is 9.40. The van der Waals surface area contributed by atoms with Crippen LogP contribution in [-0.4, -0.2) is 23.8 Å². The monoisotopic (exact) mass is 221 g/mol. The van der Waals surface area contributed by atoms with Gasteiger partial charge in [-0.3, -0.25) is 4.98 Å². The van der Waals surface area contributed by atoms with Gasteiger partial charge < -0.3 is 9.84 Å². The number of nitrogens with zero attached hydrogens (tertiary/aromatic N) is 1.